The summed E-state index contributed by atoms with van der Waals surface area (Å²) in [7, 11) is 1.95. The number of likely N-dealkylation sites (tertiary alicyclic amines) is 1. The van der Waals surface area contributed by atoms with Gasteiger partial charge in [0.25, 0.3) is 5.91 Å². The molecule has 1 aliphatic rings. The molecule has 3 aromatic carbocycles. The zero-order valence-corrected chi connectivity index (χ0v) is 22.3. The van der Waals surface area contributed by atoms with Gasteiger partial charge >= 0.3 is 0 Å². The Bertz CT molecular complexity index is 1080. The molecule has 4 rings (SSSR count). The van der Waals surface area contributed by atoms with E-state index < -0.39 is 0 Å². The third-order valence-electron chi connectivity index (χ3n) is 7.37. The molecular weight excluding hydrogens is 458 g/mol. The van der Waals surface area contributed by atoms with Crippen LogP contribution in [0.5, 0.6) is 5.75 Å². The van der Waals surface area contributed by atoms with Crippen molar-refractivity contribution in [3.8, 4) is 5.75 Å². The van der Waals surface area contributed by atoms with Crippen LogP contribution in [-0.2, 0) is 6.42 Å². The fourth-order valence-corrected chi connectivity index (χ4v) is 5.24. The minimum Gasteiger partial charge on any atom is -0.485 e. The molecule has 3 aromatic rings. The van der Waals surface area contributed by atoms with Gasteiger partial charge in [-0.25, -0.2) is 0 Å². The second kappa shape index (κ2) is 14.0. The average molecular weight is 500 g/mol. The van der Waals surface area contributed by atoms with Crippen molar-refractivity contribution in [1.29, 1.82) is 0 Å². The zero-order valence-electron chi connectivity index (χ0n) is 22.3. The van der Waals surface area contributed by atoms with Crippen molar-refractivity contribution in [3.63, 3.8) is 0 Å². The highest BCUT2D eigenvalue weighted by atomic mass is 16.5. The van der Waals surface area contributed by atoms with Crippen molar-refractivity contribution < 1.29 is 9.53 Å². The predicted octanol–water partition coefficient (Wildman–Crippen LogP) is 5.59. The van der Waals surface area contributed by atoms with Crippen LogP contribution >= 0.6 is 0 Å². The minimum atomic E-state index is -0.120. The number of carbonyl (C=O) groups excluding carboxylic acids is 1. The number of nitrogens with zero attached hydrogens (tertiary/aromatic N) is 2. The van der Waals surface area contributed by atoms with Crippen LogP contribution in [0.15, 0.2) is 84.9 Å². The number of hydrogen-bond acceptors (Lipinski definition) is 4. The van der Waals surface area contributed by atoms with Gasteiger partial charge in [-0.3, -0.25) is 4.79 Å². The summed E-state index contributed by atoms with van der Waals surface area (Å²) in [5.74, 6) is 0.734. The molecule has 0 saturated carbocycles. The lowest BCUT2D eigenvalue weighted by molar-refractivity contribution is 0.0581. The summed E-state index contributed by atoms with van der Waals surface area (Å²) in [5, 5.41) is 3.22. The lowest BCUT2D eigenvalue weighted by Crippen LogP contribution is -2.47. The van der Waals surface area contributed by atoms with E-state index in [0.717, 1.165) is 57.4 Å². The number of piperidine rings is 1. The Labute approximate surface area is 222 Å². The van der Waals surface area contributed by atoms with E-state index in [1.807, 2.05) is 49.5 Å². The van der Waals surface area contributed by atoms with E-state index in [1.54, 1.807) is 0 Å². The van der Waals surface area contributed by atoms with Crippen molar-refractivity contribution in [3.05, 3.63) is 102 Å². The predicted molar refractivity (Wildman–Crippen MR) is 151 cm³/mol. The van der Waals surface area contributed by atoms with Crippen molar-refractivity contribution >= 4 is 5.91 Å². The highest BCUT2D eigenvalue weighted by Crippen LogP contribution is 2.29. The third-order valence-corrected chi connectivity index (χ3v) is 7.37. The molecule has 5 heteroatoms. The smallest absolute Gasteiger partial charge is 0.257 e. The quantitative estimate of drug-likeness (QED) is 0.353. The largest absolute Gasteiger partial charge is 0.485 e. The fraction of sp³-hybridized carbons (Fsp3) is 0.406. The molecule has 1 unspecified atom stereocenters. The molecule has 1 N–H and O–H groups in total. The van der Waals surface area contributed by atoms with E-state index in [2.05, 4.69) is 64.5 Å². The maximum atomic E-state index is 13.8. The monoisotopic (exact) mass is 499 g/mol. The number of amides is 1. The number of benzene rings is 3. The van der Waals surface area contributed by atoms with Gasteiger partial charge in [0.2, 0.25) is 0 Å². The van der Waals surface area contributed by atoms with Gasteiger partial charge in [0.1, 0.15) is 11.9 Å². The van der Waals surface area contributed by atoms with E-state index in [-0.39, 0.29) is 18.1 Å². The Hall–Kier alpha value is -3.15. The van der Waals surface area contributed by atoms with Crippen molar-refractivity contribution in [2.75, 3.05) is 39.8 Å². The van der Waals surface area contributed by atoms with Gasteiger partial charge in [-0.2, -0.15) is 0 Å². The second-order valence-electron chi connectivity index (χ2n) is 9.81. The van der Waals surface area contributed by atoms with Crippen LogP contribution in [0, 0.1) is 0 Å². The van der Waals surface area contributed by atoms with Crippen LogP contribution < -0.4 is 10.1 Å². The molecular formula is C32H41N3O2. The summed E-state index contributed by atoms with van der Waals surface area (Å²) < 4.78 is 6.53. The normalized spacial score (nSPS) is 15.3. The van der Waals surface area contributed by atoms with Gasteiger partial charge in [0.05, 0.1) is 5.56 Å². The number of rotatable bonds is 12. The number of ether oxygens (including phenoxy) is 1. The van der Waals surface area contributed by atoms with Crippen LogP contribution in [0.4, 0.5) is 0 Å². The first-order valence-electron chi connectivity index (χ1n) is 13.7. The number of hydrogen-bond donors (Lipinski definition) is 1. The molecule has 1 aliphatic heterocycles. The Morgan fingerprint density at radius 2 is 1.62 bits per heavy atom. The van der Waals surface area contributed by atoms with Crippen LogP contribution in [-0.4, -0.2) is 61.5 Å². The van der Waals surface area contributed by atoms with E-state index in [4.69, 9.17) is 4.74 Å². The standard InChI is InChI=1S/C32H41N3O2/c1-3-35(28-20-24-34(25-21-28)23-19-26-12-6-4-7-13-26)32(36)29-16-10-11-17-31(29)37-30(18-22-33-2)27-14-8-5-9-15-27/h4-17,28,30,33H,3,18-25H2,1-2H3. The molecule has 1 saturated heterocycles. The van der Waals surface area contributed by atoms with Crippen molar-refractivity contribution in [2.24, 2.45) is 0 Å². The Morgan fingerprint density at radius 3 is 2.30 bits per heavy atom. The van der Waals surface area contributed by atoms with Gasteiger partial charge < -0.3 is 19.9 Å². The second-order valence-corrected chi connectivity index (χ2v) is 9.81. The molecule has 1 amide bonds. The molecule has 1 fully saturated rings. The van der Waals surface area contributed by atoms with Crippen molar-refractivity contribution in [2.45, 2.75) is 44.8 Å². The van der Waals surface area contributed by atoms with E-state index in [1.165, 1.54) is 5.56 Å². The summed E-state index contributed by atoms with van der Waals surface area (Å²) >= 11 is 0. The Morgan fingerprint density at radius 1 is 0.973 bits per heavy atom. The molecule has 0 spiro atoms. The SMILES string of the molecule is CCN(C(=O)c1ccccc1OC(CCNC)c1ccccc1)C1CCN(CCc2ccccc2)CC1. The maximum absolute atomic E-state index is 13.8. The first kappa shape index (κ1) is 26.9. The van der Waals surface area contributed by atoms with E-state index in [9.17, 15) is 4.79 Å². The fourth-order valence-electron chi connectivity index (χ4n) is 5.24. The van der Waals surface area contributed by atoms with Crippen LogP contribution in [0.2, 0.25) is 0 Å². The summed E-state index contributed by atoms with van der Waals surface area (Å²) in [6.45, 7) is 6.74. The molecule has 37 heavy (non-hydrogen) atoms. The molecule has 0 aromatic heterocycles. The first-order chi connectivity index (χ1) is 18.2. The van der Waals surface area contributed by atoms with Crippen molar-refractivity contribution in [1.82, 2.24) is 15.1 Å². The van der Waals surface area contributed by atoms with Gasteiger partial charge in [0.15, 0.2) is 0 Å². The summed E-state index contributed by atoms with van der Waals surface area (Å²) in [6, 6.07) is 28.9. The molecule has 0 bridgehead atoms. The van der Waals surface area contributed by atoms with Gasteiger partial charge in [0, 0.05) is 38.6 Å². The lowest BCUT2D eigenvalue weighted by atomic mass is 10.0. The lowest BCUT2D eigenvalue weighted by Gasteiger charge is -2.38. The summed E-state index contributed by atoms with van der Waals surface area (Å²) in [5.41, 5.74) is 3.16. The molecule has 1 atom stereocenters. The third kappa shape index (κ3) is 7.43. The van der Waals surface area contributed by atoms with E-state index in [0.29, 0.717) is 17.9 Å². The summed E-state index contributed by atoms with van der Waals surface area (Å²) in [4.78, 5) is 18.4. The Kier molecular flexibility index (Phi) is 10.2. The number of nitrogens with one attached hydrogen (secondary N) is 1. The zero-order chi connectivity index (χ0) is 25.9. The molecule has 0 radical (unpaired) electrons. The maximum Gasteiger partial charge on any atom is 0.257 e. The van der Waals surface area contributed by atoms with Gasteiger partial charge in [-0.05, 0) is 63.0 Å². The van der Waals surface area contributed by atoms with Gasteiger partial charge in [-0.15, -0.1) is 0 Å². The molecule has 1 heterocycles. The summed E-state index contributed by atoms with van der Waals surface area (Å²) in [6.07, 6.45) is 3.79. The molecule has 5 nitrogen and oxygen atoms in total. The number of carbonyl (C=O) groups is 1. The number of para-hydroxylation sites is 1. The highest BCUT2D eigenvalue weighted by Gasteiger charge is 2.29. The van der Waals surface area contributed by atoms with Gasteiger partial charge in [-0.1, -0.05) is 72.8 Å². The minimum absolute atomic E-state index is 0.0706. The topological polar surface area (TPSA) is 44.8 Å². The van der Waals surface area contributed by atoms with Crippen LogP contribution in [0.3, 0.4) is 0 Å². The highest BCUT2D eigenvalue weighted by molar-refractivity contribution is 5.97. The molecule has 0 aliphatic carbocycles. The van der Waals surface area contributed by atoms with Crippen LogP contribution in [0.1, 0.15) is 53.8 Å². The van der Waals surface area contributed by atoms with E-state index >= 15 is 0 Å². The van der Waals surface area contributed by atoms with Crippen LogP contribution in [0.25, 0.3) is 0 Å². The molecule has 196 valence electrons. The first-order valence-corrected chi connectivity index (χ1v) is 13.7. The Balaban J connectivity index is 1.41. The average Bonchev–Trinajstić information content (AvgIpc) is 2.96.